The molecule has 2 aliphatic heterocycles. The maximum Gasteiger partial charge on any atom is 0.268 e. The number of rotatable bonds is 9. The summed E-state index contributed by atoms with van der Waals surface area (Å²) in [6.07, 6.45) is 0.624. The van der Waals surface area contributed by atoms with Gasteiger partial charge < -0.3 is 30.9 Å². The van der Waals surface area contributed by atoms with Crippen LogP contribution >= 0.6 is 0 Å². The molecule has 6 atom stereocenters. The van der Waals surface area contributed by atoms with Gasteiger partial charge in [-0.25, -0.2) is 0 Å². The van der Waals surface area contributed by atoms with Gasteiger partial charge in [-0.2, -0.15) is 0 Å². The number of H-pyrrole nitrogens is 1. The van der Waals surface area contributed by atoms with E-state index in [-0.39, 0.29) is 35.5 Å². The van der Waals surface area contributed by atoms with Crippen molar-refractivity contribution >= 4 is 40.3 Å². The fourth-order valence-electron chi connectivity index (χ4n) is 6.82. The van der Waals surface area contributed by atoms with Gasteiger partial charge in [-0.15, -0.1) is 0 Å². The van der Waals surface area contributed by atoms with Crippen molar-refractivity contribution in [2.45, 2.75) is 65.6 Å². The van der Waals surface area contributed by atoms with E-state index in [4.69, 9.17) is 0 Å². The maximum absolute atomic E-state index is 14.2. The van der Waals surface area contributed by atoms with E-state index in [9.17, 15) is 29.1 Å². The molecule has 11 nitrogen and oxygen atoms in total. The molecular formula is C31H41N5O6. The Kier molecular flexibility index (Phi) is 7.67. The molecular weight excluding hydrogens is 538 g/mol. The van der Waals surface area contributed by atoms with Crippen LogP contribution in [0.4, 0.5) is 0 Å². The Morgan fingerprint density at radius 3 is 2.48 bits per heavy atom. The number of benzene rings is 1. The monoisotopic (exact) mass is 579 g/mol. The Bertz CT molecular complexity index is 1390. The number of aliphatic hydroxyl groups excluding tert-OH is 1. The number of aliphatic hydroxyl groups is 1. The zero-order valence-electron chi connectivity index (χ0n) is 24.8. The third-order valence-electron chi connectivity index (χ3n) is 9.47. The summed E-state index contributed by atoms with van der Waals surface area (Å²) < 4.78 is 0. The van der Waals surface area contributed by atoms with E-state index < -0.39 is 53.7 Å². The Morgan fingerprint density at radius 2 is 1.86 bits per heavy atom. The minimum absolute atomic E-state index is 0.0836. The van der Waals surface area contributed by atoms with Crippen LogP contribution in [0.2, 0.25) is 0 Å². The van der Waals surface area contributed by atoms with E-state index in [1.54, 1.807) is 11.0 Å². The van der Waals surface area contributed by atoms with E-state index in [1.807, 2.05) is 45.0 Å². The van der Waals surface area contributed by atoms with E-state index in [0.717, 1.165) is 10.9 Å². The molecule has 11 heteroatoms. The van der Waals surface area contributed by atoms with Gasteiger partial charge in [0.1, 0.15) is 24.4 Å². The Hall–Kier alpha value is -3.73. The number of hydrogen-bond donors (Lipinski definition) is 5. The topological polar surface area (TPSA) is 161 Å². The van der Waals surface area contributed by atoms with Gasteiger partial charge in [-0.3, -0.25) is 24.0 Å². The molecule has 3 heterocycles. The van der Waals surface area contributed by atoms with Gasteiger partial charge in [-0.1, -0.05) is 52.8 Å². The third kappa shape index (κ3) is 5.42. The SMILES string of the molecule is CC(C)(C)[C@H](NC(=O)c1cc2ccccc2[nH]1)C(=O)N1C[C@H]2[C@@H]([C@H]1C(=O)N[C@@H](C[C@@H]1CCNC1=O)C(=O)CO)C2(C)C. The molecule has 226 valence electrons. The standard InChI is InChI=1S/C31H41N5O6/c1-30(2,3)25(35-27(40)21-12-16-8-6-7-9-19(16)33-21)29(42)36-14-18-23(31(18,4)5)24(36)28(41)34-20(22(38)15-37)13-17-10-11-32-26(17)39/h6-9,12,17-18,20,23-25,33,37H,10-11,13-15H2,1-5H3,(H,32,39)(H,34,41)(H,35,40)/t17-,18-,20-,23-,24-,25+/m0/s1. The molecule has 0 spiro atoms. The highest BCUT2D eigenvalue weighted by Crippen LogP contribution is 2.65. The molecule has 1 saturated carbocycles. The van der Waals surface area contributed by atoms with Crippen LogP contribution in [0.25, 0.3) is 10.9 Å². The molecule has 1 aliphatic carbocycles. The van der Waals surface area contributed by atoms with Crippen LogP contribution < -0.4 is 16.0 Å². The summed E-state index contributed by atoms with van der Waals surface area (Å²) in [4.78, 5) is 70.8. The van der Waals surface area contributed by atoms with Crippen LogP contribution in [-0.4, -0.2) is 82.2 Å². The van der Waals surface area contributed by atoms with Crippen LogP contribution in [0.3, 0.4) is 0 Å². The molecule has 4 amide bonds. The first-order chi connectivity index (χ1) is 19.7. The van der Waals surface area contributed by atoms with E-state index in [2.05, 4.69) is 34.8 Å². The van der Waals surface area contributed by atoms with Crippen molar-refractivity contribution in [3.8, 4) is 0 Å². The lowest BCUT2D eigenvalue weighted by Crippen LogP contribution is -2.60. The molecule has 1 aromatic carbocycles. The molecule has 42 heavy (non-hydrogen) atoms. The average molecular weight is 580 g/mol. The summed E-state index contributed by atoms with van der Waals surface area (Å²) in [7, 11) is 0. The van der Waals surface area contributed by atoms with Gasteiger partial charge in [0.25, 0.3) is 5.91 Å². The number of hydrogen-bond acceptors (Lipinski definition) is 6. The Balaban J connectivity index is 1.37. The number of aromatic amines is 1. The Morgan fingerprint density at radius 1 is 1.14 bits per heavy atom. The number of carbonyl (C=O) groups excluding carboxylic acids is 5. The van der Waals surface area contributed by atoms with Crippen molar-refractivity contribution < 1.29 is 29.1 Å². The molecule has 1 aromatic heterocycles. The molecule has 2 aromatic rings. The van der Waals surface area contributed by atoms with Gasteiger partial charge in [0.15, 0.2) is 5.78 Å². The minimum atomic E-state index is -1.05. The predicted octanol–water partition coefficient (Wildman–Crippen LogP) is 1.37. The predicted molar refractivity (Wildman–Crippen MR) is 155 cm³/mol. The number of amides is 4. The fourth-order valence-corrected chi connectivity index (χ4v) is 6.82. The summed E-state index contributed by atoms with van der Waals surface area (Å²) in [6, 6.07) is 6.43. The summed E-state index contributed by atoms with van der Waals surface area (Å²) in [5.41, 5.74) is 0.292. The van der Waals surface area contributed by atoms with E-state index >= 15 is 0 Å². The largest absolute Gasteiger partial charge is 0.389 e. The summed E-state index contributed by atoms with van der Waals surface area (Å²) in [5.74, 6) is -2.50. The second-order valence-electron chi connectivity index (χ2n) is 13.6. The molecule has 5 rings (SSSR count). The third-order valence-corrected chi connectivity index (χ3v) is 9.47. The van der Waals surface area contributed by atoms with Crippen molar-refractivity contribution in [1.82, 2.24) is 25.8 Å². The van der Waals surface area contributed by atoms with Crippen LogP contribution in [0.5, 0.6) is 0 Å². The van der Waals surface area contributed by atoms with Gasteiger partial charge in [0.2, 0.25) is 17.7 Å². The van der Waals surface area contributed by atoms with Crippen molar-refractivity contribution in [3.63, 3.8) is 0 Å². The van der Waals surface area contributed by atoms with Crippen molar-refractivity contribution in [1.29, 1.82) is 0 Å². The second-order valence-corrected chi connectivity index (χ2v) is 13.6. The zero-order valence-corrected chi connectivity index (χ0v) is 24.8. The number of aromatic nitrogens is 1. The first-order valence-corrected chi connectivity index (χ1v) is 14.6. The number of nitrogens with zero attached hydrogens (tertiary/aromatic N) is 1. The molecule has 2 saturated heterocycles. The number of carbonyl (C=O) groups is 5. The maximum atomic E-state index is 14.2. The summed E-state index contributed by atoms with van der Waals surface area (Å²) >= 11 is 0. The van der Waals surface area contributed by atoms with Crippen molar-refractivity contribution in [2.24, 2.45) is 28.6 Å². The number of fused-ring (bicyclic) bond motifs is 2. The number of ketones is 1. The zero-order chi connectivity index (χ0) is 30.6. The Labute approximate surface area is 245 Å². The molecule has 3 aliphatic rings. The highest BCUT2D eigenvalue weighted by molar-refractivity contribution is 6.01. The summed E-state index contributed by atoms with van der Waals surface area (Å²) in [6.45, 7) is 9.78. The van der Waals surface area contributed by atoms with Gasteiger partial charge in [0.05, 0.1) is 6.04 Å². The number of para-hydroxylation sites is 1. The van der Waals surface area contributed by atoms with Gasteiger partial charge >= 0.3 is 0 Å². The first-order valence-electron chi connectivity index (χ1n) is 14.6. The lowest BCUT2D eigenvalue weighted by molar-refractivity contribution is -0.144. The van der Waals surface area contributed by atoms with E-state index in [0.29, 0.717) is 25.2 Å². The van der Waals surface area contributed by atoms with Gasteiger partial charge in [-0.05, 0) is 47.6 Å². The number of Topliss-reactive ketones (excluding diaryl/α,β-unsaturated/α-hetero) is 1. The van der Waals surface area contributed by atoms with Crippen LogP contribution in [-0.2, 0) is 19.2 Å². The normalized spacial score (nSPS) is 25.9. The molecule has 0 unspecified atom stereocenters. The van der Waals surface area contributed by atoms with Crippen molar-refractivity contribution in [2.75, 3.05) is 19.7 Å². The highest BCUT2D eigenvalue weighted by atomic mass is 16.3. The second kappa shape index (κ2) is 10.8. The average Bonchev–Trinajstić information content (AvgIpc) is 3.45. The van der Waals surface area contributed by atoms with Crippen LogP contribution in [0.1, 0.15) is 57.9 Å². The van der Waals surface area contributed by atoms with Crippen LogP contribution in [0.15, 0.2) is 30.3 Å². The highest BCUT2D eigenvalue weighted by Gasteiger charge is 2.69. The van der Waals surface area contributed by atoms with E-state index in [1.165, 1.54) is 0 Å². The first kappa shape index (κ1) is 29.8. The molecule has 0 bridgehead atoms. The van der Waals surface area contributed by atoms with Crippen LogP contribution in [0, 0.1) is 28.6 Å². The quantitative estimate of drug-likeness (QED) is 0.302. The molecule has 3 fully saturated rings. The van der Waals surface area contributed by atoms with Crippen molar-refractivity contribution in [3.05, 3.63) is 36.0 Å². The molecule has 5 N–H and O–H groups in total. The van der Waals surface area contributed by atoms with Gasteiger partial charge in [0, 0.05) is 29.9 Å². The fraction of sp³-hybridized carbons (Fsp3) is 0.581. The lowest BCUT2D eigenvalue weighted by atomic mass is 9.85. The lowest BCUT2D eigenvalue weighted by Gasteiger charge is -2.38. The number of nitrogens with one attached hydrogen (secondary N) is 4. The number of likely N-dealkylation sites (tertiary alicyclic amines) is 1. The molecule has 0 radical (unpaired) electrons. The smallest absolute Gasteiger partial charge is 0.268 e. The number of piperidine rings is 1. The minimum Gasteiger partial charge on any atom is -0.389 e. The summed E-state index contributed by atoms with van der Waals surface area (Å²) in [5, 5.41) is 18.9.